The van der Waals surface area contributed by atoms with E-state index in [0.29, 0.717) is 11.6 Å². The molecule has 2 aromatic rings. The molecule has 0 saturated heterocycles. The molecule has 2 rings (SSSR count). The van der Waals surface area contributed by atoms with Crippen molar-refractivity contribution in [2.24, 2.45) is 5.92 Å². The van der Waals surface area contributed by atoms with Crippen LogP contribution in [0.15, 0.2) is 35.7 Å². The van der Waals surface area contributed by atoms with Crippen molar-refractivity contribution in [2.75, 3.05) is 5.32 Å². The van der Waals surface area contributed by atoms with Gasteiger partial charge in [0.2, 0.25) is 0 Å². The molecule has 0 saturated carbocycles. The third-order valence-corrected chi connectivity index (χ3v) is 4.11. The Morgan fingerprint density at radius 1 is 1.38 bits per heavy atom. The fourth-order valence-corrected chi connectivity index (χ4v) is 3.03. The molecule has 1 N–H and O–H groups in total. The summed E-state index contributed by atoms with van der Waals surface area (Å²) in [5.74, 6) is 0.332. The first-order valence-electron chi connectivity index (χ1n) is 6.51. The van der Waals surface area contributed by atoms with Crippen molar-refractivity contribution in [3.63, 3.8) is 0 Å². The summed E-state index contributed by atoms with van der Waals surface area (Å²) in [5, 5.41) is 25.2. The summed E-state index contributed by atoms with van der Waals surface area (Å²) in [6.45, 7) is 4.19. The van der Waals surface area contributed by atoms with Gasteiger partial charge in [-0.2, -0.15) is 5.26 Å². The van der Waals surface area contributed by atoms with E-state index in [1.54, 1.807) is 17.4 Å². The summed E-state index contributed by atoms with van der Waals surface area (Å²) < 4.78 is 0. The smallest absolute Gasteiger partial charge is 0.289 e. The minimum absolute atomic E-state index is 0.0720. The Morgan fingerprint density at radius 2 is 2.14 bits per heavy atom. The lowest BCUT2D eigenvalue weighted by molar-refractivity contribution is -0.385. The number of thiophene rings is 1. The molecule has 0 aliphatic carbocycles. The Morgan fingerprint density at radius 3 is 2.67 bits per heavy atom. The van der Waals surface area contributed by atoms with Crippen molar-refractivity contribution in [1.29, 1.82) is 5.26 Å². The number of rotatable bonds is 5. The molecule has 1 aromatic carbocycles. The number of nitrogens with zero attached hydrogens (tertiary/aromatic N) is 2. The molecular weight excluding hydrogens is 286 g/mol. The maximum Gasteiger partial charge on any atom is 0.289 e. The van der Waals surface area contributed by atoms with Crippen molar-refractivity contribution in [2.45, 2.75) is 19.9 Å². The second kappa shape index (κ2) is 6.37. The number of benzene rings is 1. The second-order valence-electron chi connectivity index (χ2n) is 4.98. The van der Waals surface area contributed by atoms with E-state index in [9.17, 15) is 10.1 Å². The summed E-state index contributed by atoms with van der Waals surface area (Å²) in [6, 6.07) is 10.5. The van der Waals surface area contributed by atoms with Crippen LogP contribution in [0.4, 0.5) is 11.4 Å². The molecule has 108 valence electrons. The van der Waals surface area contributed by atoms with Crippen LogP contribution in [0.25, 0.3) is 0 Å². The number of hydrogen-bond donors (Lipinski definition) is 1. The summed E-state index contributed by atoms with van der Waals surface area (Å²) in [5.41, 5.74) is 0.548. The number of nitriles is 1. The Hall–Kier alpha value is -2.39. The van der Waals surface area contributed by atoms with Crippen LogP contribution in [0.1, 0.15) is 30.3 Å². The van der Waals surface area contributed by atoms with Gasteiger partial charge in [0, 0.05) is 16.6 Å². The normalized spacial score (nSPS) is 11.9. The molecule has 0 aliphatic heterocycles. The highest BCUT2D eigenvalue weighted by Crippen LogP contribution is 2.31. The first-order chi connectivity index (χ1) is 10.0. The molecule has 1 heterocycles. The zero-order chi connectivity index (χ0) is 15.4. The van der Waals surface area contributed by atoms with Crippen molar-refractivity contribution in [3.8, 4) is 6.07 Å². The summed E-state index contributed by atoms with van der Waals surface area (Å²) >= 11 is 1.65. The molecule has 21 heavy (non-hydrogen) atoms. The Bertz CT molecular complexity index is 675. The minimum atomic E-state index is -0.529. The third kappa shape index (κ3) is 3.38. The van der Waals surface area contributed by atoms with Crippen LogP contribution in [-0.2, 0) is 0 Å². The number of nitro benzene ring substituents is 1. The first kappa shape index (κ1) is 15.0. The quantitative estimate of drug-likeness (QED) is 0.658. The number of hydrogen-bond acceptors (Lipinski definition) is 5. The predicted molar refractivity (Wildman–Crippen MR) is 83.3 cm³/mol. The predicted octanol–water partition coefficient (Wildman–Crippen LogP) is 4.34. The van der Waals surface area contributed by atoms with Gasteiger partial charge in [0.15, 0.2) is 0 Å². The van der Waals surface area contributed by atoms with Gasteiger partial charge in [0.1, 0.15) is 11.6 Å². The van der Waals surface area contributed by atoms with Gasteiger partial charge in [-0.05, 0) is 29.5 Å². The number of nitro groups is 1. The molecular formula is C15H15N3O2S. The molecule has 0 spiro atoms. The molecule has 0 amide bonds. The van der Waals surface area contributed by atoms with Crippen LogP contribution in [0.5, 0.6) is 0 Å². The van der Waals surface area contributed by atoms with E-state index in [1.165, 1.54) is 17.0 Å². The maximum atomic E-state index is 11.0. The van der Waals surface area contributed by atoms with E-state index in [4.69, 9.17) is 5.26 Å². The van der Waals surface area contributed by atoms with E-state index >= 15 is 0 Å². The zero-order valence-corrected chi connectivity index (χ0v) is 12.6. The second-order valence-corrected chi connectivity index (χ2v) is 5.96. The third-order valence-electron chi connectivity index (χ3n) is 3.15. The minimum Gasteiger partial charge on any atom is -0.377 e. The lowest BCUT2D eigenvalue weighted by Gasteiger charge is -2.22. The van der Waals surface area contributed by atoms with Crippen LogP contribution < -0.4 is 5.32 Å². The molecule has 1 atom stereocenters. The van der Waals surface area contributed by atoms with Gasteiger partial charge >= 0.3 is 0 Å². The van der Waals surface area contributed by atoms with Gasteiger partial charge in [-0.1, -0.05) is 19.9 Å². The van der Waals surface area contributed by atoms with Gasteiger partial charge in [0.25, 0.3) is 5.69 Å². The van der Waals surface area contributed by atoms with Gasteiger partial charge in [0.05, 0.1) is 11.0 Å². The lowest BCUT2D eigenvalue weighted by atomic mass is 10.0. The lowest BCUT2D eigenvalue weighted by Crippen LogP contribution is -2.15. The van der Waals surface area contributed by atoms with Crippen LogP contribution in [0, 0.1) is 27.4 Å². The van der Waals surface area contributed by atoms with E-state index in [1.807, 2.05) is 23.6 Å². The van der Waals surface area contributed by atoms with Crippen LogP contribution in [-0.4, -0.2) is 4.92 Å². The average molecular weight is 301 g/mol. The molecule has 0 bridgehead atoms. The highest BCUT2D eigenvalue weighted by Gasteiger charge is 2.19. The van der Waals surface area contributed by atoms with Crippen molar-refractivity contribution in [1.82, 2.24) is 0 Å². The van der Waals surface area contributed by atoms with Crippen molar-refractivity contribution >= 4 is 22.7 Å². The average Bonchev–Trinajstić information content (AvgIpc) is 2.97. The first-order valence-corrected chi connectivity index (χ1v) is 7.39. The summed E-state index contributed by atoms with van der Waals surface area (Å²) in [6.07, 6.45) is 0. The molecule has 1 aromatic heterocycles. The Kier molecular flexibility index (Phi) is 4.55. The fourth-order valence-electron chi connectivity index (χ4n) is 2.08. The largest absolute Gasteiger partial charge is 0.377 e. The molecule has 0 fully saturated rings. The number of anilines is 1. The van der Waals surface area contributed by atoms with Crippen LogP contribution in [0.3, 0.4) is 0 Å². The van der Waals surface area contributed by atoms with Crippen LogP contribution in [0.2, 0.25) is 0 Å². The Labute approximate surface area is 127 Å². The molecule has 5 nitrogen and oxygen atoms in total. The highest BCUT2D eigenvalue weighted by molar-refractivity contribution is 7.10. The van der Waals surface area contributed by atoms with E-state index in [2.05, 4.69) is 19.2 Å². The van der Waals surface area contributed by atoms with Gasteiger partial charge < -0.3 is 5.32 Å². The molecule has 0 radical (unpaired) electrons. The summed E-state index contributed by atoms with van der Waals surface area (Å²) in [4.78, 5) is 11.7. The van der Waals surface area contributed by atoms with Crippen LogP contribution >= 0.6 is 11.3 Å². The maximum absolute atomic E-state index is 11.0. The van der Waals surface area contributed by atoms with Gasteiger partial charge in [-0.25, -0.2) is 0 Å². The SMILES string of the molecule is CC(C)C(Nc1ccc(C#N)c([N+](=O)[O-])c1)c1cccs1. The monoisotopic (exact) mass is 301 g/mol. The molecule has 1 unspecified atom stereocenters. The fraction of sp³-hybridized carbons (Fsp3) is 0.267. The molecule has 0 aliphatic rings. The highest BCUT2D eigenvalue weighted by atomic mass is 32.1. The van der Waals surface area contributed by atoms with Crippen molar-refractivity contribution < 1.29 is 4.92 Å². The van der Waals surface area contributed by atoms with E-state index in [-0.39, 0.29) is 17.3 Å². The van der Waals surface area contributed by atoms with E-state index < -0.39 is 4.92 Å². The van der Waals surface area contributed by atoms with Crippen molar-refractivity contribution in [3.05, 3.63) is 56.3 Å². The van der Waals surface area contributed by atoms with Gasteiger partial charge in [-0.3, -0.25) is 10.1 Å². The standard InChI is InChI=1S/C15H15N3O2S/c1-10(2)15(14-4-3-7-21-14)17-12-6-5-11(9-16)13(8-12)18(19)20/h3-8,10,15,17H,1-2H3. The van der Waals surface area contributed by atoms with E-state index in [0.717, 1.165) is 0 Å². The number of nitrogens with one attached hydrogen (secondary N) is 1. The van der Waals surface area contributed by atoms with Gasteiger partial charge in [-0.15, -0.1) is 11.3 Å². The topological polar surface area (TPSA) is 79.0 Å². The Balaban J connectivity index is 2.32. The zero-order valence-electron chi connectivity index (χ0n) is 11.7. The summed E-state index contributed by atoms with van der Waals surface area (Å²) in [7, 11) is 0. The molecule has 6 heteroatoms.